The van der Waals surface area contributed by atoms with Crippen LogP contribution in [0.5, 0.6) is 0 Å². The molecule has 2 fully saturated rings. The van der Waals surface area contributed by atoms with E-state index in [0.29, 0.717) is 47.8 Å². The van der Waals surface area contributed by atoms with Gasteiger partial charge in [0.1, 0.15) is 5.82 Å². The normalized spacial score (nSPS) is 26.9. The molecule has 0 saturated carbocycles. The molecule has 3 heterocycles. The average molecular weight is 491 g/mol. The van der Waals surface area contributed by atoms with Crippen molar-refractivity contribution in [1.29, 1.82) is 0 Å². The smallest absolute Gasteiger partial charge is 0.342 e. The Morgan fingerprint density at radius 1 is 1.12 bits per heavy atom. The van der Waals surface area contributed by atoms with E-state index in [-0.39, 0.29) is 30.0 Å². The van der Waals surface area contributed by atoms with Crippen LogP contribution in [0, 0.1) is 11.7 Å². The predicted octanol–water partition coefficient (Wildman–Crippen LogP) is 3.21. The fraction of sp³-hybridized carbons (Fsp3) is 0.500. The number of anilines is 1. The van der Waals surface area contributed by atoms with Crippen LogP contribution in [-0.4, -0.2) is 62.2 Å². The van der Waals surface area contributed by atoms with Crippen LogP contribution in [-0.2, 0) is 20.5 Å². The van der Waals surface area contributed by atoms with Crippen LogP contribution in [0.15, 0.2) is 24.3 Å². The molecule has 32 heavy (non-hydrogen) atoms. The third kappa shape index (κ3) is 4.90. The minimum absolute atomic E-state index is 0.0814. The summed E-state index contributed by atoms with van der Waals surface area (Å²) in [6.45, 7) is 0.787. The van der Waals surface area contributed by atoms with E-state index in [9.17, 15) is 26.6 Å². The van der Waals surface area contributed by atoms with Crippen LogP contribution in [0.1, 0.15) is 29.5 Å². The Labute approximate surface area is 187 Å². The maximum Gasteiger partial charge on any atom is 0.445 e. The number of carbonyl (C=O) groups is 1. The first-order valence-electron chi connectivity index (χ1n) is 10.1. The van der Waals surface area contributed by atoms with Crippen LogP contribution in [0.4, 0.5) is 22.7 Å². The number of halogens is 4. The van der Waals surface area contributed by atoms with Gasteiger partial charge in [-0.05, 0) is 45.9 Å². The Morgan fingerprint density at radius 2 is 1.78 bits per heavy atom. The van der Waals surface area contributed by atoms with Gasteiger partial charge in [-0.15, -0.1) is 10.2 Å². The van der Waals surface area contributed by atoms with Gasteiger partial charge in [-0.25, -0.2) is 4.39 Å². The van der Waals surface area contributed by atoms with Gasteiger partial charge in [0, 0.05) is 37.1 Å². The van der Waals surface area contributed by atoms with Crippen molar-refractivity contribution in [2.24, 2.45) is 5.92 Å². The Bertz CT molecular complexity index is 1070. The van der Waals surface area contributed by atoms with E-state index in [1.807, 2.05) is 0 Å². The second kappa shape index (κ2) is 8.62. The Kier molecular flexibility index (Phi) is 6.19. The van der Waals surface area contributed by atoms with Crippen LogP contribution in [0.3, 0.4) is 0 Å². The van der Waals surface area contributed by atoms with Crippen LogP contribution < -0.4 is 4.90 Å². The van der Waals surface area contributed by atoms with Crippen molar-refractivity contribution in [1.82, 2.24) is 15.1 Å². The lowest BCUT2D eigenvalue weighted by Gasteiger charge is -2.43. The zero-order chi connectivity index (χ0) is 23.1. The highest BCUT2D eigenvalue weighted by Crippen LogP contribution is 2.37. The molecule has 12 heteroatoms. The summed E-state index contributed by atoms with van der Waals surface area (Å²) >= 11 is 0.460. The number of piperazine rings is 1. The van der Waals surface area contributed by atoms with E-state index in [1.165, 1.54) is 12.1 Å². The van der Waals surface area contributed by atoms with E-state index in [2.05, 4.69) is 16.1 Å². The van der Waals surface area contributed by atoms with Crippen molar-refractivity contribution in [3.05, 3.63) is 40.7 Å². The van der Waals surface area contributed by atoms with Gasteiger partial charge in [-0.3, -0.25) is 9.00 Å². The number of aromatic nitrogens is 2. The van der Waals surface area contributed by atoms with Crippen LogP contribution in [0.2, 0.25) is 0 Å². The molecule has 0 spiro atoms. The molecule has 1 unspecified atom stereocenters. The molecule has 1 aromatic heterocycles. The summed E-state index contributed by atoms with van der Waals surface area (Å²) in [5, 5.41) is 6.05. The molecule has 0 bridgehead atoms. The highest BCUT2D eigenvalue weighted by Gasteiger charge is 2.39. The molecule has 4 rings (SSSR count). The number of hydrogen-bond acceptors (Lipinski definition) is 6. The predicted molar refractivity (Wildman–Crippen MR) is 116 cm³/mol. The van der Waals surface area contributed by atoms with Crippen LogP contribution in [0.25, 0.3) is 0 Å². The fourth-order valence-corrected chi connectivity index (χ4v) is 6.47. The number of rotatable bonds is 3. The number of carbonyl (C=O) groups excluding carboxylic acids is 1. The van der Waals surface area contributed by atoms with Gasteiger partial charge in [-0.1, -0.05) is 23.5 Å². The number of hydrogen-bond donors (Lipinski definition) is 0. The van der Waals surface area contributed by atoms with E-state index in [0.717, 1.165) is 0 Å². The zero-order valence-electron chi connectivity index (χ0n) is 17.1. The first-order valence-corrected chi connectivity index (χ1v) is 13.0. The standard InChI is InChI=1S/C20H22F4N4O2S2/c1-32(30)10-6-14(7-11-32)17(29)28-9-8-27(19-26-25-18(31-19)20(22,23)24)12-16(28)13-2-4-15(21)5-3-13/h2-5,14,16H,1,6-12H2. The Balaban J connectivity index is 1.58. The summed E-state index contributed by atoms with van der Waals surface area (Å²) in [6, 6.07) is 5.26. The minimum atomic E-state index is -4.57. The van der Waals surface area contributed by atoms with E-state index in [1.54, 1.807) is 21.9 Å². The molecule has 2 aliphatic rings. The second-order valence-corrected chi connectivity index (χ2v) is 11.8. The highest BCUT2D eigenvalue weighted by molar-refractivity contribution is 8.00. The summed E-state index contributed by atoms with van der Waals surface area (Å²) in [6.07, 6.45) is -3.59. The summed E-state index contributed by atoms with van der Waals surface area (Å²) < 4.78 is 64.5. The SMILES string of the molecule is C=S1(=O)CCC(C(=O)N2CCN(c3nnc(C(F)(F)F)s3)CC2c2ccc(F)cc2)CC1. The van der Waals surface area contributed by atoms with Crippen molar-refractivity contribution in [2.75, 3.05) is 36.0 Å². The van der Waals surface area contributed by atoms with Gasteiger partial charge in [0.05, 0.1) is 6.04 Å². The maximum atomic E-state index is 13.5. The highest BCUT2D eigenvalue weighted by atomic mass is 32.2. The molecule has 0 aliphatic carbocycles. The molecule has 0 radical (unpaired) electrons. The second-order valence-electron chi connectivity index (χ2n) is 8.08. The topological polar surface area (TPSA) is 66.4 Å². The molecule has 1 aromatic carbocycles. The number of benzene rings is 1. The zero-order valence-corrected chi connectivity index (χ0v) is 18.7. The molecule has 174 valence electrons. The number of nitrogens with zero attached hydrogens (tertiary/aromatic N) is 4. The first kappa shape index (κ1) is 23.0. The average Bonchev–Trinajstić information content (AvgIpc) is 3.24. The van der Waals surface area contributed by atoms with E-state index >= 15 is 0 Å². The van der Waals surface area contributed by atoms with Crippen molar-refractivity contribution >= 4 is 37.8 Å². The van der Waals surface area contributed by atoms with E-state index < -0.39 is 32.6 Å². The van der Waals surface area contributed by atoms with Gasteiger partial charge < -0.3 is 9.80 Å². The lowest BCUT2D eigenvalue weighted by molar-refractivity contribution is -0.139. The lowest BCUT2D eigenvalue weighted by Crippen LogP contribution is -2.53. The van der Waals surface area contributed by atoms with Crippen molar-refractivity contribution in [2.45, 2.75) is 25.1 Å². The first-order chi connectivity index (χ1) is 15.0. The van der Waals surface area contributed by atoms with Crippen LogP contribution >= 0.6 is 11.3 Å². The van der Waals surface area contributed by atoms with E-state index in [4.69, 9.17) is 0 Å². The summed E-state index contributed by atoms with van der Waals surface area (Å²) in [4.78, 5) is 16.7. The minimum Gasteiger partial charge on any atom is -0.342 e. The third-order valence-electron chi connectivity index (χ3n) is 5.87. The molecule has 6 nitrogen and oxygen atoms in total. The molecular formula is C20H22F4N4O2S2. The van der Waals surface area contributed by atoms with Gasteiger partial charge >= 0.3 is 6.18 Å². The fourth-order valence-electron chi connectivity index (χ4n) is 4.09. The summed E-state index contributed by atoms with van der Waals surface area (Å²) in [5.74, 6) is 3.75. The summed E-state index contributed by atoms with van der Waals surface area (Å²) in [5.41, 5.74) is 0.682. The van der Waals surface area contributed by atoms with Crippen molar-refractivity contribution in [3.8, 4) is 0 Å². The molecule has 1 atom stereocenters. The van der Waals surface area contributed by atoms with Gasteiger partial charge in [0.15, 0.2) is 0 Å². The molecule has 2 saturated heterocycles. The monoisotopic (exact) mass is 490 g/mol. The van der Waals surface area contributed by atoms with Gasteiger partial charge in [0.2, 0.25) is 16.0 Å². The molecule has 0 N–H and O–H groups in total. The molecular weight excluding hydrogens is 468 g/mol. The van der Waals surface area contributed by atoms with Crippen molar-refractivity contribution in [3.63, 3.8) is 0 Å². The molecule has 2 aliphatic heterocycles. The van der Waals surface area contributed by atoms with Gasteiger partial charge in [0.25, 0.3) is 0 Å². The quantitative estimate of drug-likeness (QED) is 0.488. The largest absolute Gasteiger partial charge is 0.445 e. The Morgan fingerprint density at radius 3 is 2.38 bits per heavy atom. The summed E-state index contributed by atoms with van der Waals surface area (Å²) in [7, 11) is -2.13. The Hall–Kier alpha value is -2.21. The van der Waals surface area contributed by atoms with Gasteiger partial charge in [-0.2, -0.15) is 13.2 Å². The molecule has 1 amide bonds. The lowest BCUT2D eigenvalue weighted by atomic mass is 9.96. The van der Waals surface area contributed by atoms with Crippen molar-refractivity contribution < 1.29 is 26.6 Å². The molecule has 2 aromatic rings. The maximum absolute atomic E-state index is 13.5. The third-order valence-corrected chi connectivity index (χ3v) is 8.86. The number of amides is 1. The number of alkyl halides is 3.